The zero-order valence-electron chi connectivity index (χ0n) is 7.83. The average molecular weight is 258 g/mol. The van der Waals surface area contributed by atoms with Crippen LogP contribution in [-0.4, -0.2) is 62.1 Å². The number of rotatable bonds is 7. The van der Waals surface area contributed by atoms with E-state index in [1.54, 1.807) is 0 Å². The molecule has 0 amide bonds. The molecule has 94 valence electrons. The van der Waals surface area contributed by atoms with Crippen LogP contribution in [0.5, 0.6) is 0 Å². The molecule has 0 fully saturated rings. The predicted octanol–water partition coefficient (Wildman–Crippen LogP) is -3.05. The number of phosphoric ester groups is 1. The first-order valence-electron chi connectivity index (χ1n) is 3.91. The second-order valence-electron chi connectivity index (χ2n) is 2.79. The van der Waals surface area contributed by atoms with E-state index in [2.05, 4.69) is 4.52 Å². The van der Waals surface area contributed by atoms with Crippen molar-refractivity contribution in [2.45, 2.75) is 18.3 Å². The van der Waals surface area contributed by atoms with Gasteiger partial charge in [0.15, 0.2) is 12.1 Å². The van der Waals surface area contributed by atoms with Crippen LogP contribution in [0.15, 0.2) is 0 Å². The Morgan fingerprint density at radius 2 is 1.81 bits per heavy atom. The van der Waals surface area contributed by atoms with Crippen LogP contribution in [0.3, 0.4) is 0 Å². The van der Waals surface area contributed by atoms with Crippen molar-refractivity contribution in [3.05, 3.63) is 0 Å². The molecular formula is C6H11O9P. The van der Waals surface area contributed by atoms with Gasteiger partial charge >= 0.3 is 7.82 Å². The number of hydrogen-bond donors (Lipinski definition) is 5. The Labute approximate surface area is 89.5 Å². The molecular weight excluding hydrogens is 247 g/mol. The Morgan fingerprint density at radius 3 is 2.19 bits per heavy atom. The normalized spacial score (nSPS) is 17.6. The minimum atomic E-state index is -4.87. The maximum atomic E-state index is 10.9. The molecule has 0 aromatic carbocycles. The summed E-state index contributed by atoms with van der Waals surface area (Å²) in [4.78, 5) is 37.4. The molecule has 0 aliphatic rings. The Hall–Kier alpha value is -0.670. The number of aldehydes is 1. The third-order valence-electron chi connectivity index (χ3n) is 1.52. The molecule has 0 radical (unpaired) electrons. The number of Topliss-reactive ketones (excluding diaryl/α,β-unsaturated/α-hetero) is 1. The minimum absolute atomic E-state index is 0.106. The average Bonchev–Trinajstić information content (AvgIpc) is 2.21. The van der Waals surface area contributed by atoms with Gasteiger partial charge in [-0.15, -0.1) is 0 Å². The summed E-state index contributed by atoms with van der Waals surface area (Å²) in [5.74, 6) is -1.28. The summed E-state index contributed by atoms with van der Waals surface area (Å²) >= 11 is 0. The summed E-state index contributed by atoms with van der Waals surface area (Å²) in [6.07, 6.45) is -6.34. The summed E-state index contributed by atoms with van der Waals surface area (Å²) in [5.41, 5.74) is 0. The number of aliphatic hydroxyl groups excluding tert-OH is 3. The number of aliphatic hydroxyl groups is 3. The van der Waals surface area contributed by atoms with Crippen molar-refractivity contribution in [3.63, 3.8) is 0 Å². The molecule has 0 aromatic rings. The maximum absolute atomic E-state index is 10.9. The standard InChI is InChI=1S/C6H11O9P/c7-1-3(8)5(10)6(11)4(9)2-15-16(12,13)14/h1,3,5-6,8,10-11H,2H2,(H2,12,13,14)/t3-,5+,6+/m0/s1. The molecule has 5 N–H and O–H groups in total. The van der Waals surface area contributed by atoms with Gasteiger partial charge in [0.05, 0.1) is 0 Å². The number of phosphoric acid groups is 1. The summed E-state index contributed by atoms with van der Waals surface area (Å²) in [6, 6.07) is 0. The Morgan fingerprint density at radius 1 is 1.31 bits per heavy atom. The summed E-state index contributed by atoms with van der Waals surface area (Å²) < 4.78 is 13.9. The smallest absolute Gasteiger partial charge is 0.387 e. The Bertz CT molecular complexity index is 296. The number of ketones is 1. The van der Waals surface area contributed by atoms with Gasteiger partial charge in [0.25, 0.3) is 0 Å². The van der Waals surface area contributed by atoms with Gasteiger partial charge in [-0.05, 0) is 0 Å². The molecule has 3 atom stereocenters. The van der Waals surface area contributed by atoms with Crippen molar-refractivity contribution in [1.82, 2.24) is 0 Å². The number of carbonyl (C=O) groups is 2. The van der Waals surface area contributed by atoms with Crippen LogP contribution in [0.4, 0.5) is 0 Å². The molecule has 9 nitrogen and oxygen atoms in total. The molecule has 0 saturated carbocycles. The van der Waals surface area contributed by atoms with E-state index < -0.39 is 38.5 Å². The zero-order chi connectivity index (χ0) is 12.9. The van der Waals surface area contributed by atoms with Crippen LogP contribution in [0.1, 0.15) is 0 Å². The van der Waals surface area contributed by atoms with E-state index in [0.717, 1.165) is 0 Å². The molecule has 0 saturated heterocycles. The highest BCUT2D eigenvalue weighted by atomic mass is 31.2. The lowest BCUT2D eigenvalue weighted by atomic mass is 10.1. The van der Waals surface area contributed by atoms with Gasteiger partial charge in [0.1, 0.15) is 24.9 Å². The molecule has 0 rings (SSSR count). The quantitative estimate of drug-likeness (QED) is 0.236. The van der Waals surface area contributed by atoms with Gasteiger partial charge in [-0.3, -0.25) is 9.32 Å². The molecule has 0 aliphatic heterocycles. The van der Waals surface area contributed by atoms with Crippen molar-refractivity contribution in [2.75, 3.05) is 6.61 Å². The largest absolute Gasteiger partial charge is 0.470 e. The van der Waals surface area contributed by atoms with Crippen LogP contribution >= 0.6 is 7.82 Å². The van der Waals surface area contributed by atoms with E-state index in [4.69, 9.17) is 25.1 Å². The van der Waals surface area contributed by atoms with Gasteiger partial charge in [0, 0.05) is 0 Å². The molecule has 0 aliphatic carbocycles. The fourth-order valence-corrected chi connectivity index (χ4v) is 0.986. The number of carbonyl (C=O) groups excluding carboxylic acids is 2. The van der Waals surface area contributed by atoms with E-state index in [1.807, 2.05) is 0 Å². The van der Waals surface area contributed by atoms with Crippen molar-refractivity contribution in [2.24, 2.45) is 0 Å². The first kappa shape index (κ1) is 15.3. The van der Waals surface area contributed by atoms with Gasteiger partial charge in [-0.25, -0.2) is 4.57 Å². The SMILES string of the molecule is O=C[C@H](O)[C@@H](O)[C@H](O)C(=O)COP(=O)(O)O. The lowest BCUT2D eigenvalue weighted by Crippen LogP contribution is -2.44. The van der Waals surface area contributed by atoms with E-state index in [1.165, 1.54) is 0 Å². The highest BCUT2D eigenvalue weighted by Gasteiger charge is 2.31. The van der Waals surface area contributed by atoms with Crippen molar-refractivity contribution >= 4 is 19.9 Å². The van der Waals surface area contributed by atoms with Crippen molar-refractivity contribution in [3.8, 4) is 0 Å². The summed E-state index contributed by atoms with van der Waals surface area (Å²) in [6.45, 7) is -1.16. The van der Waals surface area contributed by atoms with Crippen LogP contribution in [-0.2, 0) is 18.7 Å². The van der Waals surface area contributed by atoms with Gasteiger partial charge in [-0.1, -0.05) is 0 Å². The molecule has 10 heteroatoms. The second-order valence-corrected chi connectivity index (χ2v) is 4.03. The van der Waals surface area contributed by atoms with E-state index in [0.29, 0.717) is 0 Å². The van der Waals surface area contributed by atoms with Gasteiger partial charge < -0.3 is 29.9 Å². The summed E-state index contributed by atoms with van der Waals surface area (Å²) in [5, 5.41) is 26.8. The second kappa shape index (κ2) is 6.16. The third-order valence-corrected chi connectivity index (χ3v) is 1.98. The van der Waals surface area contributed by atoms with Gasteiger partial charge in [-0.2, -0.15) is 0 Å². The molecule has 0 aromatic heterocycles. The van der Waals surface area contributed by atoms with Crippen LogP contribution < -0.4 is 0 Å². The number of hydrogen-bond acceptors (Lipinski definition) is 7. The van der Waals surface area contributed by atoms with Crippen LogP contribution in [0.25, 0.3) is 0 Å². The monoisotopic (exact) mass is 258 g/mol. The predicted molar refractivity (Wildman–Crippen MR) is 47.1 cm³/mol. The minimum Gasteiger partial charge on any atom is -0.387 e. The van der Waals surface area contributed by atoms with Crippen molar-refractivity contribution in [1.29, 1.82) is 0 Å². The third kappa shape index (κ3) is 5.42. The first-order chi connectivity index (χ1) is 7.19. The zero-order valence-corrected chi connectivity index (χ0v) is 8.73. The van der Waals surface area contributed by atoms with Crippen molar-refractivity contribution < 1.29 is 43.8 Å². The summed E-state index contributed by atoms with van der Waals surface area (Å²) in [7, 11) is -4.87. The molecule has 0 unspecified atom stereocenters. The molecule has 0 bridgehead atoms. The molecule has 0 heterocycles. The Balaban J connectivity index is 4.28. The highest BCUT2D eigenvalue weighted by molar-refractivity contribution is 7.46. The Kier molecular flexibility index (Phi) is 5.90. The van der Waals surface area contributed by atoms with E-state index in [-0.39, 0.29) is 6.29 Å². The van der Waals surface area contributed by atoms with Crippen LogP contribution in [0.2, 0.25) is 0 Å². The van der Waals surface area contributed by atoms with Gasteiger partial charge in [0.2, 0.25) is 0 Å². The van der Waals surface area contributed by atoms with E-state index in [9.17, 15) is 14.2 Å². The fraction of sp³-hybridized carbons (Fsp3) is 0.667. The van der Waals surface area contributed by atoms with E-state index >= 15 is 0 Å². The molecule has 0 spiro atoms. The van der Waals surface area contributed by atoms with Crippen LogP contribution in [0, 0.1) is 0 Å². The lowest BCUT2D eigenvalue weighted by molar-refractivity contribution is -0.143. The highest BCUT2D eigenvalue weighted by Crippen LogP contribution is 2.35. The fourth-order valence-electron chi connectivity index (χ4n) is 0.691. The first-order valence-corrected chi connectivity index (χ1v) is 5.44. The topological polar surface area (TPSA) is 162 Å². The lowest BCUT2D eigenvalue weighted by Gasteiger charge is -2.18. The maximum Gasteiger partial charge on any atom is 0.470 e. The molecule has 16 heavy (non-hydrogen) atoms.